The number of ether oxygens (including phenoxy) is 1. The van der Waals surface area contributed by atoms with E-state index in [0.29, 0.717) is 19.0 Å². The summed E-state index contributed by atoms with van der Waals surface area (Å²) in [5.41, 5.74) is 4.26. The first kappa shape index (κ1) is 16.8. The van der Waals surface area contributed by atoms with Gasteiger partial charge in [0.15, 0.2) is 5.96 Å². The van der Waals surface area contributed by atoms with Crippen LogP contribution in [0.1, 0.15) is 22.6 Å². The quantitative estimate of drug-likeness (QED) is 0.642. The number of rotatable bonds is 5. The van der Waals surface area contributed by atoms with Crippen LogP contribution in [0.5, 0.6) is 5.88 Å². The van der Waals surface area contributed by atoms with Crippen LogP contribution in [-0.4, -0.2) is 34.9 Å². The predicted molar refractivity (Wildman–Crippen MR) is 90.5 cm³/mol. The van der Waals surface area contributed by atoms with E-state index in [1.807, 2.05) is 36.9 Å². The number of guanidine groups is 1. The lowest BCUT2D eigenvalue weighted by atomic mass is 10.2. The van der Waals surface area contributed by atoms with Crippen molar-refractivity contribution in [3.8, 4) is 5.88 Å². The maximum atomic E-state index is 5.13. The number of nitrogens with one attached hydrogen (secondary N) is 2. The standard InChI is InChI=1S/C16H24N6O/c1-11-14(12(2)22(4)21-11)10-19-16(17-3)18-9-13-7-6-8-15(20-13)23-5/h6-8H,9-10H2,1-5H3,(H2,17,18,19). The third-order valence-corrected chi connectivity index (χ3v) is 3.74. The highest BCUT2D eigenvalue weighted by Crippen LogP contribution is 2.11. The average Bonchev–Trinajstić information content (AvgIpc) is 2.80. The normalized spacial score (nSPS) is 11.4. The molecule has 2 rings (SSSR count). The SMILES string of the molecule is CN=C(NCc1cccc(OC)n1)NCc1c(C)nn(C)c1C. The summed E-state index contributed by atoms with van der Waals surface area (Å²) in [6.07, 6.45) is 0. The van der Waals surface area contributed by atoms with E-state index in [0.717, 1.165) is 23.0 Å². The molecule has 7 nitrogen and oxygen atoms in total. The Morgan fingerprint density at radius 1 is 1.26 bits per heavy atom. The lowest BCUT2D eigenvalue weighted by Crippen LogP contribution is -2.36. The molecular weight excluding hydrogens is 292 g/mol. The Morgan fingerprint density at radius 3 is 2.61 bits per heavy atom. The van der Waals surface area contributed by atoms with Crippen LogP contribution in [0.4, 0.5) is 0 Å². The Bertz CT molecular complexity index is 692. The van der Waals surface area contributed by atoms with Gasteiger partial charge in [-0.15, -0.1) is 0 Å². The highest BCUT2D eigenvalue weighted by atomic mass is 16.5. The van der Waals surface area contributed by atoms with Gasteiger partial charge >= 0.3 is 0 Å². The number of pyridine rings is 1. The Hall–Kier alpha value is -2.57. The molecule has 0 atom stereocenters. The molecule has 0 bridgehead atoms. The zero-order valence-electron chi connectivity index (χ0n) is 14.3. The number of aryl methyl sites for hydroxylation is 2. The van der Waals surface area contributed by atoms with Crippen molar-refractivity contribution in [2.24, 2.45) is 12.0 Å². The molecule has 0 unspecified atom stereocenters. The number of aromatic nitrogens is 3. The van der Waals surface area contributed by atoms with Gasteiger partial charge in [-0.2, -0.15) is 5.10 Å². The Balaban J connectivity index is 1.93. The van der Waals surface area contributed by atoms with Crippen LogP contribution < -0.4 is 15.4 Å². The highest BCUT2D eigenvalue weighted by Gasteiger charge is 2.09. The second-order valence-corrected chi connectivity index (χ2v) is 5.22. The molecule has 0 aliphatic carbocycles. The molecule has 0 spiro atoms. The summed E-state index contributed by atoms with van der Waals surface area (Å²) < 4.78 is 7.02. The predicted octanol–water partition coefficient (Wildman–Crippen LogP) is 1.31. The van der Waals surface area contributed by atoms with Crippen molar-refractivity contribution >= 4 is 5.96 Å². The molecule has 2 heterocycles. The van der Waals surface area contributed by atoms with Crippen molar-refractivity contribution < 1.29 is 4.74 Å². The molecule has 0 amide bonds. The van der Waals surface area contributed by atoms with Crippen LogP contribution in [0.3, 0.4) is 0 Å². The first-order chi connectivity index (χ1) is 11.0. The second kappa shape index (κ2) is 7.62. The van der Waals surface area contributed by atoms with E-state index in [-0.39, 0.29) is 0 Å². The summed E-state index contributed by atoms with van der Waals surface area (Å²) in [6, 6.07) is 5.68. The Kier molecular flexibility index (Phi) is 5.56. The van der Waals surface area contributed by atoms with E-state index in [9.17, 15) is 0 Å². The number of nitrogens with zero attached hydrogens (tertiary/aromatic N) is 4. The van der Waals surface area contributed by atoms with Crippen molar-refractivity contribution in [2.45, 2.75) is 26.9 Å². The largest absolute Gasteiger partial charge is 0.481 e. The molecular formula is C16H24N6O. The summed E-state index contributed by atoms with van der Waals surface area (Å²) in [4.78, 5) is 8.60. The smallest absolute Gasteiger partial charge is 0.213 e. The maximum Gasteiger partial charge on any atom is 0.213 e. The van der Waals surface area contributed by atoms with Crippen molar-refractivity contribution in [1.29, 1.82) is 0 Å². The molecule has 2 aromatic rings. The molecule has 0 fully saturated rings. The van der Waals surface area contributed by atoms with E-state index in [2.05, 4.69) is 32.6 Å². The third kappa shape index (κ3) is 4.21. The monoisotopic (exact) mass is 316 g/mol. The molecule has 2 N–H and O–H groups in total. The first-order valence-corrected chi connectivity index (χ1v) is 7.48. The fourth-order valence-electron chi connectivity index (χ4n) is 2.31. The number of aliphatic imine (C=N–C) groups is 1. The van der Waals surface area contributed by atoms with E-state index in [1.165, 1.54) is 5.56 Å². The molecule has 2 aromatic heterocycles. The molecule has 0 aromatic carbocycles. The molecule has 0 saturated heterocycles. The minimum absolute atomic E-state index is 0.571. The van der Waals surface area contributed by atoms with Crippen molar-refractivity contribution in [1.82, 2.24) is 25.4 Å². The van der Waals surface area contributed by atoms with Gasteiger partial charge in [0, 0.05) is 38.0 Å². The van der Waals surface area contributed by atoms with Crippen LogP contribution in [0.25, 0.3) is 0 Å². The van der Waals surface area contributed by atoms with Crippen LogP contribution in [0, 0.1) is 13.8 Å². The summed E-state index contributed by atoms with van der Waals surface area (Å²) in [5, 5.41) is 11.0. The van der Waals surface area contributed by atoms with Gasteiger partial charge in [0.1, 0.15) is 0 Å². The molecule has 0 radical (unpaired) electrons. The van der Waals surface area contributed by atoms with Gasteiger partial charge in [-0.1, -0.05) is 6.07 Å². The van der Waals surface area contributed by atoms with Gasteiger partial charge in [-0.05, 0) is 19.9 Å². The van der Waals surface area contributed by atoms with Crippen LogP contribution >= 0.6 is 0 Å². The van der Waals surface area contributed by atoms with Gasteiger partial charge in [0.05, 0.1) is 25.0 Å². The summed E-state index contributed by atoms with van der Waals surface area (Å²) in [7, 11) is 5.31. The zero-order valence-corrected chi connectivity index (χ0v) is 14.3. The Labute approximate surface area is 136 Å². The molecule has 0 aliphatic heterocycles. The van der Waals surface area contributed by atoms with E-state index in [1.54, 1.807) is 14.2 Å². The zero-order chi connectivity index (χ0) is 16.8. The van der Waals surface area contributed by atoms with Crippen molar-refractivity contribution in [3.05, 3.63) is 40.8 Å². The fourth-order valence-corrected chi connectivity index (χ4v) is 2.31. The summed E-state index contributed by atoms with van der Waals surface area (Å²) >= 11 is 0. The molecule has 23 heavy (non-hydrogen) atoms. The van der Waals surface area contributed by atoms with Gasteiger partial charge in [-0.3, -0.25) is 9.67 Å². The lowest BCUT2D eigenvalue weighted by molar-refractivity contribution is 0.396. The molecule has 7 heteroatoms. The lowest BCUT2D eigenvalue weighted by Gasteiger charge is -2.12. The molecule has 124 valence electrons. The van der Waals surface area contributed by atoms with Crippen molar-refractivity contribution in [3.63, 3.8) is 0 Å². The van der Waals surface area contributed by atoms with Crippen LogP contribution in [0.2, 0.25) is 0 Å². The average molecular weight is 316 g/mol. The topological polar surface area (TPSA) is 76.4 Å². The van der Waals surface area contributed by atoms with Gasteiger partial charge in [-0.25, -0.2) is 4.98 Å². The van der Waals surface area contributed by atoms with E-state index < -0.39 is 0 Å². The van der Waals surface area contributed by atoms with Crippen LogP contribution in [-0.2, 0) is 20.1 Å². The second-order valence-electron chi connectivity index (χ2n) is 5.22. The summed E-state index contributed by atoms with van der Waals surface area (Å²) in [6.45, 7) is 5.33. The minimum atomic E-state index is 0.571. The number of methoxy groups -OCH3 is 1. The van der Waals surface area contributed by atoms with Crippen molar-refractivity contribution in [2.75, 3.05) is 14.2 Å². The maximum absolute atomic E-state index is 5.13. The number of hydrogen-bond acceptors (Lipinski definition) is 4. The minimum Gasteiger partial charge on any atom is -0.481 e. The third-order valence-electron chi connectivity index (χ3n) is 3.74. The van der Waals surface area contributed by atoms with E-state index >= 15 is 0 Å². The van der Waals surface area contributed by atoms with Gasteiger partial charge in [0.2, 0.25) is 5.88 Å². The molecule has 0 saturated carbocycles. The van der Waals surface area contributed by atoms with Gasteiger partial charge < -0.3 is 15.4 Å². The Morgan fingerprint density at radius 2 is 2.00 bits per heavy atom. The number of hydrogen-bond donors (Lipinski definition) is 2. The first-order valence-electron chi connectivity index (χ1n) is 7.48. The van der Waals surface area contributed by atoms with Crippen LogP contribution in [0.15, 0.2) is 23.2 Å². The van der Waals surface area contributed by atoms with Gasteiger partial charge in [0.25, 0.3) is 0 Å². The fraction of sp³-hybridized carbons (Fsp3) is 0.438. The molecule has 0 aliphatic rings. The summed E-state index contributed by atoms with van der Waals surface area (Å²) in [5.74, 6) is 1.33. The highest BCUT2D eigenvalue weighted by molar-refractivity contribution is 5.79. The van der Waals surface area contributed by atoms with E-state index in [4.69, 9.17) is 4.74 Å².